The molecule has 0 radical (unpaired) electrons. The summed E-state index contributed by atoms with van der Waals surface area (Å²) in [6.45, 7) is 6.43. The lowest BCUT2D eigenvalue weighted by Crippen LogP contribution is -2.47. The van der Waals surface area contributed by atoms with Gasteiger partial charge in [-0.15, -0.1) is 0 Å². The molecule has 19 heavy (non-hydrogen) atoms. The number of likely N-dealkylation sites (N-methyl/N-ethyl adjacent to an activating group) is 1. The van der Waals surface area contributed by atoms with Crippen LogP contribution in [0.15, 0.2) is 18.5 Å². The van der Waals surface area contributed by atoms with E-state index in [1.54, 1.807) is 18.5 Å². The lowest BCUT2D eigenvalue weighted by atomic mass is 10.1. The molecule has 1 N–H and O–H groups in total. The average Bonchev–Trinajstić information content (AvgIpc) is 2.45. The molecule has 1 aliphatic rings. The summed E-state index contributed by atoms with van der Waals surface area (Å²) < 4.78 is 0. The fourth-order valence-corrected chi connectivity index (χ4v) is 2.16. The van der Waals surface area contributed by atoms with Crippen LogP contribution in [0.4, 0.5) is 5.69 Å². The van der Waals surface area contributed by atoms with E-state index in [4.69, 9.17) is 0 Å². The molecule has 1 aromatic rings. The second-order valence-electron chi connectivity index (χ2n) is 4.94. The molecule has 2 heterocycles. The van der Waals surface area contributed by atoms with Crippen LogP contribution in [0.2, 0.25) is 0 Å². The Morgan fingerprint density at radius 1 is 1.37 bits per heavy atom. The predicted octanol–water partition coefficient (Wildman–Crippen LogP) is 1.29. The van der Waals surface area contributed by atoms with E-state index in [9.17, 15) is 4.79 Å². The van der Waals surface area contributed by atoms with Gasteiger partial charge in [-0.2, -0.15) is 0 Å². The molecule has 0 saturated carbocycles. The first-order valence-corrected chi connectivity index (χ1v) is 6.88. The van der Waals surface area contributed by atoms with Crippen LogP contribution in [-0.2, 0) is 0 Å². The van der Waals surface area contributed by atoms with Crippen LogP contribution in [0.1, 0.15) is 23.7 Å². The van der Waals surface area contributed by atoms with Gasteiger partial charge >= 0.3 is 0 Å². The summed E-state index contributed by atoms with van der Waals surface area (Å²) in [7, 11) is 2.09. The molecule has 0 bridgehead atoms. The van der Waals surface area contributed by atoms with E-state index in [1.807, 2.05) is 4.90 Å². The molecule has 0 aliphatic carbocycles. The van der Waals surface area contributed by atoms with E-state index in [-0.39, 0.29) is 5.91 Å². The lowest BCUT2D eigenvalue weighted by molar-refractivity contribution is 0.0665. The van der Waals surface area contributed by atoms with E-state index in [2.05, 4.69) is 29.2 Å². The van der Waals surface area contributed by atoms with Gasteiger partial charge in [0.1, 0.15) is 0 Å². The van der Waals surface area contributed by atoms with Crippen molar-refractivity contribution in [2.75, 3.05) is 45.1 Å². The highest BCUT2D eigenvalue weighted by Gasteiger charge is 2.22. The molecule has 0 atom stereocenters. The lowest BCUT2D eigenvalue weighted by Gasteiger charge is -2.32. The summed E-state index contributed by atoms with van der Waals surface area (Å²) in [5.74, 6) is 0.106. The number of hydrogen-bond acceptors (Lipinski definition) is 4. The highest BCUT2D eigenvalue weighted by atomic mass is 16.2. The van der Waals surface area contributed by atoms with Crippen molar-refractivity contribution >= 4 is 11.6 Å². The molecule has 2 rings (SSSR count). The van der Waals surface area contributed by atoms with Gasteiger partial charge in [-0.25, -0.2) is 0 Å². The van der Waals surface area contributed by atoms with Gasteiger partial charge in [-0.1, -0.05) is 6.92 Å². The van der Waals surface area contributed by atoms with Gasteiger partial charge in [0.2, 0.25) is 0 Å². The highest BCUT2D eigenvalue weighted by molar-refractivity contribution is 5.99. The minimum atomic E-state index is 0.106. The predicted molar refractivity (Wildman–Crippen MR) is 76.4 cm³/mol. The first kappa shape index (κ1) is 13.8. The first-order valence-electron chi connectivity index (χ1n) is 6.88. The van der Waals surface area contributed by atoms with Crippen LogP contribution in [0.5, 0.6) is 0 Å². The minimum absolute atomic E-state index is 0.106. The fraction of sp³-hybridized carbons (Fsp3) is 0.571. The molecule has 104 valence electrons. The third-order valence-corrected chi connectivity index (χ3v) is 3.41. The second-order valence-corrected chi connectivity index (χ2v) is 4.94. The fourth-order valence-electron chi connectivity index (χ4n) is 2.16. The van der Waals surface area contributed by atoms with Gasteiger partial charge in [0.25, 0.3) is 5.91 Å². The average molecular weight is 262 g/mol. The quantitative estimate of drug-likeness (QED) is 0.888. The number of nitrogens with zero attached hydrogens (tertiary/aromatic N) is 3. The zero-order valence-corrected chi connectivity index (χ0v) is 11.7. The van der Waals surface area contributed by atoms with Crippen molar-refractivity contribution in [3.05, 3.63) is 24.0 Å². The van der Waals surface area contributed by atoms with E-state index < -0.39 is 0 Å². The van der Waals surface area contributed by atoms with Gasteiger partial charge in [0.05, 0.1) is 17.4 Å². The van der Waals surface area contributed by atoms with Crippen molar-refractivity contribution in [2.24, 2.45) is 0 Å². The standard InChI is InChI=1S/C14H22N4O/c1-3-5-16-13-11-15-6-4-12(13)14(19)18-9-7-17(2)8-10-18/h4,6,11,16H,3,5,7-10H2,1-2H3. The Hall–Kier alpha value is -1.62. The number of carbonyl (C=O) groups is 1. The van der Waals surface area contributed by atoms with Gasteiger partial charge in [0.15, 0.2) is 0 Å². The van der Waals surface area contributed by atoms with Crippen molar-refractivity contribution in [3.63, 3.8) is 0 Å². The Bertz CT molecular complexity index is 427. The van der Waals surface area contributed by atoms with Crippen LogP contribution in [0, 0.1) is 0 Å². The Morgan fingerprint density at radius 3 is 2.79 bits per heavy atom. The van der Waals surface area contributed by atoms with E-state index >= 15 is 0 Å². The molecule has 0 spiro atoms. The number of pyridine rings is 1. The van der Waals surface area contributed by atoms with Crippen molar-refractivity contribution < 1.29 is 4.79 Å². The molecule has 0 unspecified atom stereocenters. The van der Waals surface area contributed by atoms with Gasteiger partial charge in [-0.3, -0.25) is 9.78 Å². The molecule has 5 nitrogen and oxygen atoms in total. The Morgan fingerprint density at radius 2 is 2.11 bits per heavy atom. The molecular weight excluding hydrogens is 240 g/mol. The second kappa shape index (κ2) is 6.52. The largest absolute Gasteiger partial charge is 0.383 e. The highest BCUT2D eigenvalue weighted by Crippen LogP contribution is 2.17. The first-order chi connectivity index (χ1) is 9.22. The molecule has 1 aromatic heterocycles. The monoisotopic (exact) mass is 262 g/mol. The van der Waals surface area contributed by atoms with Crippen LogP contribution < -0.4 is 5.32 Å². The summed E-state index contributed by atoms with van der Waals surface area (Å²) in [6.07, 6.45) is 4.44. The zero-order chi connectivity index (χ0) is 13.7. The molecule has 1 saturated heterocycles. The van der Waals surface area contributed by atoms with Crippen LogP contribution in [0.3, 0.4) is 0 Å². The number of hydrogen-bond donors (Lipinski definition) is 1. The summed E-state index contributed by atoms with van der Waals surface area (Å²) in [5.41, 5.74) is 1.57. The third-order valence-electron chi connectivity index (χ3n) is 3.41. The molecule has 1 amide bonds. The zero-order valence-electron chi connectivity index (χ0n) is 11.7. The summed E-state index contributed by atoms with van der Waals surface area (Å²) in [6, 6.07) is 1.80. The van der Waals surface area contributed by atoms with Gasteiger partial charge in [-0.05, 0) is 19.5 Å². The maximum atomic E-state index is 12.5. The van der Waals surface area contributed by atoms with Gasteiger partial charge < -0.3 is 15.1 Å². The van der Waals surface area contributed by atoms with Crippen molar-refractivity contribution in [3.8, 4) is 0 Å². The maximum Gasteiger partial charge on any atom is 0.256 e. The molecular formula is C14H22N4O. The smallest absolute Gasteiger partial charge is 0.256 e. The van der Waals surface area contributed by atoms with E-state index in [0.717, 1.165) is 50.4 Å². The van der Waals surface area contributed by atoms with Crippen molar-refractivity contribution in [2.45, 2.75) is 13.3 Å². The normalized spacial score (nSPS) is 16.4. The minimum Gasteiger partial charge on any atom is -0.383 e. The molecule has 1 aliphatic heterocycles. The maximum absolute atomic E-state index is 12.5. The van der Waals surface area contributed by atoms with Crippen molar-refractivity contribution in [1.29, 1.82) is 0 Å². The van der Waals surface area contributed by atoms with Crippen LogP contribution in [-0.4, -0.2) is 60.5 Å². The number of anilines is 1. The summed E-state index contributed by atoms with van der Waals surface area (Å²) in [4.78, 5) is 20.8. The Balaban J connectivity index is 2.09. The number of piperazine rings is 1. The topological polar surface area (TPSA) is 48.5 Å². The van der Waals surface area contributed by atoms with Crippen LogP contribution >= 0.6 is 0 Å². The summed E-state index contributed by atoms with van der Waals surface area (Å²) >= 11 is 0. The number of carbonyl (C=O) groups excluding carboxylic acids is 1. The molecule has 5 heteroatoms. The Labute approximate surface area is 114 Å². The number of amides is 1. The Kier molecular flexibility index (Phi) is 4.74. The number of rotatable bonds is 4. The van der Waals surface area contributed by atoms with E-state index in [0.29, 0.717) is 0 Å². The number of nitrogens with one attached hydrogen (secondary N) is 1. The van der Waals surface area contributed by atoms with E-state index in [1.165, 1.54) is 0 Å². The van der Waals surface area contributed by atoms with Crippen LogP contribution in [0.25, 0.3) is 0 Å². The SMILES string of the molecule is CCCNc1cnccc1C(=O)N1CCN(C)CC1. The third kappa shape index (κ3) is 3.44. The number of aromatic nitrogens is 1. The molecule has 0 aromatic carbocycles. The molecule has 1 fully saturated rings. The van der Waals surface area contributed by atoms with Crippen molar-refractivity contribution in [1.82, 2.24) is 14.8 Å². The van der Waals surface area contributed by atoms with Gasteiger partial charge in [0, 0.05) is 38.9 Å². The summed E-state index contributed by atoms with van der Waals surface area (Å²) in [5, 5.41) is 3.27.